The van der Waals surface area contributed by atoms with Crippen molar-refractivity contribution in [2.45, 2.75) is 57.0 Å². The van der Waals surface area contributed by atoms with E-state index in [9.17, 15) is 8.42 Å². The van der Waals surface area contributed by atoms with Crippen LogP contribution < -0.4 is 14.9 Å². The summed E-state index contributed by atoms with van der Waals surface area (Å²) in [6.07, 6.45) is 1.41. The molecule has 2 aliphatic rings. The first-order valence-corrected chi connectivity index (χ1v) is 9.65. The van der Waals surface area contributed by atoms with Gasteiger partial charge in [0.2, 0.25) is 10.0 Å². The topological polar surface area (TPSA) is 73.9 Å². The quantitative estimate of drug-likeness (QED) is 0.819. The van der Waals surface area contributed by atoms with E-state index in [0.29, 0.717) is 24.3 Å². The molecule has 0 radical (unpaired) electrons. The molecule has 6 nitrogen and oxygen atoms in total. The minimum atomic E-state index is -3.37. The molecule has 1 saturated heterocycles. The zero-order valence-corrected chi connectivity index (χ0v) is 15.6. The summed E-state index contributed by atoms with van der Waals surface area (Å²) in [4.78, 5) is 0. The zero-order chi connectivity index (χ0) is 17.8. The van der Waals surface area contributed by atoms with Crippen molar-refractivity contribution in [2.24, 2.45) is 0 Å². The summed E-state index contributed by atoms with van der Waals surface area (Å²) in [5, 5.41) is -0.303. The molecule has 1 aliphatic heterocycles. The van der Waals surface area contributed by atoms with Gasteiger partial charge in [-0.3, -0.25) is 4.72 Å². The molecule has 0 atom stereocenters. The average molecular weight is 353 g/mol. The predicted molar refractivity (Wildman–Crippen MR) is 94.3 cm³/mol. The first-order valence-electron chi connectivity index (χ1n) is 8.11. The second-order valence-corrected chi connectivity index (χ2v) is 9.36. The first-order chi connectivity index (χ1) is 11.1. The Hall–Kier alpha value is -1.25. The Morgan fingerprint density at radius 3 is 2.25 bits per heavy atom. The number of hydrogen-bond acceptors (Lipinski definition) is 5. The molecule has 1 aromatic carbocycles. The maximum Gasteiger partial charge on any atom is 0.494 e. The van der Waals surface area contributed by atoms with E-state index in [1.807, 2.05) is 33.8 Å². The molecule has 3 rings (SSSR count). The van der Waals surface area contributed by atoms with Gasteiger partial charge in [0.15, 0.2) is 0 Å². The van der Waals surface area contributed by atoms with E-state index >= 15 is 0 Å². The fourth-order valence-electron chi connectivity index (χ4n) is 2.55. The predicted octanol–water partition coefficient (Wildman–Crippen LogP) is 1.90. The Morgan fingerprint density at radius 1 is 1.17 bits per heavy atom. The molecule has 132 valence electrons. The van der Waals surface area contributed by atoms with Gasteiger partial charge in [-0.1, -0.05) is 6.07 Å². The van der Waals surface area contributed by atoms with Crippen LogP contribution in [0.4, 0.5) is 5.69 Å². The molecular formula is C16H24BNO5S. The monoisotopic (exact) mass is 353 g/mol. The fourth-order valence-corrected chi connectivity index (χ4v) is 3.94. The van der Waals surface area contributed by atoms with E-state index in [1.165, 1.54) is 7.11 Å². The summed E-state index contributed by atoms with van der Waals surface area (Å²) in [5.41, 5.74) is 0.260. The minimum Gasteiger partial charge on any atom is -0.495 e. The summed E-state index contributed by atoms with van der Waals surface area (Å²) in [6.45, 7) is 7.92. The Bertz CT molecular complexity index is 727. The molecule has 0 bridgehead atoms. The second kappa shape index (κ2) is 5.64. The number of nitrogens with one attached hydrogen (secondary N) is 1. The largest absolute Gasteiger partial charge is 0.495 e. The molecule has 0 amide bonds. The lowest BCUT2D eigenvalue weighted by molar-refractivity contribution is 0.00578. The standard InChI is InChI=1S/C16H24BNO5S/c1-15(2)16(3,4)23-17(22-15)11-6-9-14(21-5)13(10-11)18-24(19,20)12-7-8-12/h6,9-10,12,18H,7-8H2,1-5H3. The van der Waals surface area contributed by atoms with Crippen molar-refractivity contribution in [3.05, 3.63) is 18.2 Å². The molecule has 8 heteroatoms. The normalized spacial score (nSPS) is 22.5. The zero-order valence-electron chi connectivity index (χ0n) is 14.8. The molecule has 24 heavy (non-hydrogen) atoms. The number of benzene rings is 1. The van der Waals surface area contributed by atoms with Gasteiger partial charge >= 0.3 is 7.12 Å². The summed E-state index contributed by atoms with van der Waals surface area (Å²) >= 11 is 0. The van der Waals surface area contributed by atoms with Gasteiger partial charge in [0, 0.05) is 0 Å². The molecule has 0 unspecified atom stereocenters. The molecule has 1 N–H and O–H groups in total. The second-order valence-electron chi connectivity index (χ2n) is 7.39. The number of anilines is 1. The van der Waals surface area contributed by atoms with E-state index in [0.717, 1.165) is 5.46 Å². The average Bonchev–Trinajstić information content (AvgIpc) is 3.27. The summed E-state index contributed by atoms with van der Waals surface area (Å²) in [6, 6.07) is 5.28. The third kappa shape index (κ3) is 3.14. The number of rotatable bonds is 5. The van der Waals surface area contributed by atoms with Gasteiger partial charge in [-0.2, -0.15) is 0 Å². The first kappa shape index (κ1) is 17.6. The Balaban J connectivity index is 1.90. The number of ether oxygens (including phenoxy) is 1. The fraction of sp³-hybridized carbons (Fsp3) is 0.625. The van der Waals surface area contributed by atoms with E-state index in [2.05, 4.69) is 4.72 Å². The summed E-state index contributed by atoms with van der Waals surface area (Å²) in [7, 11) is -2.41. The van der Waals surface area contributed by atoms with Gasteiger partial charge in [0.05, 0.1) is 29.2 Å². The molecular weight excluding hydrogens is 329 g/mol. The SMILES string of the molecule is COc1ccc(B2OC(C)(C)C(C)(C)O2)cc1NS(=O)(=O)C1CC1. The van der Waals surface area contributed by atoms with Crippen LogP contribution in [0.3, 0.4) is 0 Å². The van der Waals surface area contributed by atoms with Crippen LogP contribution in [0.2, 0.25) is 0 Å². The third-order valence-electron chi connectivity index (χ3n) is 4.96. The molecule has 1 aromatic rings. The van der Waals surface area contributed by atoms with E-state index in [1.54, 1.807) is 12.1 Å². The summed E-state index contributed by atoms with van der Waals surface area (Å²) in [5.74, 6) is 0.472. The van der Waals surface area contributed by atoms with Gasteiger partial charge in [-0.05, 0) is 58.1 Å². The van der Waals surface area contributed by atoms with Gasteiger partial charge in [0.25, 0.3) is 0 Å². The number of sulfonamides is 1. The van der Waals surface area contributed by atoms with E-state index in [-0.39, 0.29) is 5.25 Å². The molecule has 2 fully saturated rings. The van der Waals surface area contributed by atoms with Gasteiger partial charge in [-0.25, -0.2) is 8.42 Å². The van der Waals surface area contributed by atoms with Crippen molar-refractivity contribution in [3.8, 4) is 5.75 Å². The number of hydrogen-bond donors (Lipinski definition) is 1. The lowest BCUT2D eigenvalue weighted by atomic mass is 9.79. The highest BCUT2D eigenvalue weighted by atomic mass is 32.2. The van der Waals surface area contributed by atoms with Gasteiger partial charge < -0.3 is 14.0 Å². The highest BCUT2D eigenvalue weighted by molar-refractivity contribution is 7.93. The molecule has 1 saturated carbocycles. The third-order valence-corrected chi connectivity index (χ3v) is 6.82. The Morgan fingerprint density at radius 2 is 1.75 bits per heavy atom. The Labute approximate surface area is 144 Å². The van der Waals surface area contributed by atoms with Gasteiger partial charge in [0.1, 0.15) is 5.75 Å². The van der Waals surface area contributed by atoms with Gasteiger partial charge in [-0.15, -0.1) is 0 Å². The lowest BCUT2D eigenvalue weighted by Crippen LogP contribution is -2.41. The van der Waals surface area contributed by atoms with Crippen LogP contribution in [0.5, 0.6) is 5.75 Å². The van der Waals surface area contributed by atoms with Crippen LogP contribution in [0.15, 0.2) is 18.2 Å². The van der Waals surface area contributed by atoms with Crippen molar-refractivity contribution in [2.75, 3.05) is 11.8 Å². The van der Waals surface area contributed by atoms with Crippen molar-refractivity contribution >= 4 is 28.3 Å². The maximum atomic E-state index is 12.2. The lowest BCUT2D eigenvalue weighted by Gasteiger charge is -2.32. The highest BCUT2D eigenvalue weighted by Gasteiger charge is 2.51. The minimum absolute atomic E-state index is 0.303. The van der Waals surface area contributed by atoms with Crippen molar-refractivity contribution in [1.29, 1.82) is 0 Å². The van der Waals surface area contributed by atoms with E-state index < -0.39 is 28.3 Å². The van der Waals surface area contributed by atoms with Crippen LogP contribution in [-0.2, 0) is 19.3 Å². The maximum absolute atomic E-state index is 12.2. The molecule has 1 aliphatic carbocycles. The van der Waals surface area contributed by atoms with Crippen LogP contribution >= 0.6 is 0 Å². The van der Waals surface area contributed by atoms with Crippen LogP contribution in [-0.4, -0.2) is 39.1 Å². The highest BCUT2D eigenvalue weighted by Crippen LogP contribution is 2.37. The van der Waals surface area contributed by atoms with Crippen LogP contribution in [0, 0.1) is 0 Å². The molecule has 1 heterocycles. The summed E-state index contributed by atoms with van der Waals surface area (Å²) < 4.78 is 44.5. The number of methoxy groups -OCH3 is 1. The Kier molecular flexibility index (Phi) is 4.13. The van der Waals surface area contributed by atoms with E-state index in [4.69, 9.17) is 14.0 Å². The smallest absolute Gasteiger partial charge is 0.494 e. The van der Waals surface area contributed by atoms with Crippen molar-refractivity contribution < 1.29 is 22.5 Å². The van der Waals surface area contributed by atoms with Crippen molar-refractivity contribution in [3.63, 3.8) is 0 Å². The van der Waals surface area contributed by atoms with Crippen LogP contribution in [0.25, 0.3) is 0 Å². The molecule has 0 aromatic heterocycles. The van der Waals surface area contributed by atoms with Crippen molar-refractivity contribution in [1.82, 2.24) is 0 Å². The van der Waals surface area contributed by atoms with Crippen LogP contribution in [0.1, 0.15) is 40.5 Å². The molecule has 0 spiro atoms.